The summed E-state index contributed by atoms with van der Waals surface area (Å²) < 4.78 is 0. The molecule has 10 nitrogen and oxygen atoms in total. The number of imidazole rings is 1. The number of rotatable bonds is 8. The SMILES string of the molecule is O=[N+]([O-])c1ccc(NCCNc2ncc(-c3ncc[nH]3)c(-c3ccccc3Cl)n2)nc1. The van der Waals surface area contributed by atoms with Crippen LogP contribution in [0.4, 0.5) is 17.5 Å². The highest BCUT2D eigenvalue weighted by Gasteiger charge is 2.15. The molecule has 0 saturated carbocycles. The molecule has 0 radical (unpaired) electrons. The number of aromatic amines is 1. The number of nitrogens with one attached hydrogen (secondary N) is 3. The van der Waals surface area contributed by atoms with Gasteiger partial charge in [-0.25, -0.2) is 19.9 Å². The van der Waals surface area contributed by atoms with Gasteiger partial charge in [-0.3, -0.25) is 10.1 Å². The molecule has 11 heteroatoms. The highest BCUT2D eigenvalue weighted by atomic mass is 35.5. The summed E-state index contributed by atoms with van der Waals surface area (Å²) in [6.45, 7) is 1.01. The maximum atomic E-state index is 10.7. The fourth-order valence-corrected chi connectivity index (χ4v) is 3.10. The third-order valence-electron chi connectivity index (χ3n) is 4.34. The largest absolute Gasteiger partial charge is 0.368 e. The average molecular weight is 437 g/mol. The molecule has 156 valence electrons. The lowest BCUT2D eigenvalue weighted by atomic mass is 10.1. The predicted molar refractivity (Wildman–Crippen MR) is 118 cm³/mol. The van der Waals surface area contributed by atoms with Crippen LogP contribution in [0.1, 0.15) is 0 Å². The Balaban J connectivity index is 1.47. The first-order valence-electron chi connectivity index (χ1n) is 9.31. The van der Waals surface area contributed by atoms with Gasteiger partial charge in [-0.2, -0.15) is 0 Å². The first-order chi connectivity index (χ1) is 15.1. The van der Waals surface area contributed by atoms with Gasteiger partial charge in [0.2, 0.25) is 5.95 Å². The van der Waals surface area contributed by atoms with Gasteiger partial charge in [0.1, 0.15) is 17.8 Å². The van der Waals surface area contributed by atoms with Gasteiger partial charge in [0, 0.05) is 48.3 Å². The molecule has 3 aromatic heterocycles. The van der Waals surface area contributed by atoms with Crippen LogP contribution in [0.2, 0.25) is 5.02 Å². The van der Waals surface area contributed by atoms with Crippen molar-refractivity contribution in [1.29, 1.82) is 0 Å². The second kappa shape index (κ2) is 9.18. The van der Waals surface area contributed by atoms with Gasteiger partial charge < -0.3 is 15.6 Å². The third-order valence-corrected chi connectivity index (χ3v) is 4.67. The van der Waals surface area contributed by atoms with Crippen LogP contribution in [-0.4, -0.2) is 42.9 Å². The second-order valence-corrected chi connectivity index (χ2v) is 6.79. The number of nitrogens with zero attached hydrogens (tertiary/aromatic N) is 5. The van der Waals surface area contributed by atoms with Crippen LogP contribution in [0.3, 0.4) is 0 Å². The summed E-state index contributed by atoms with van der Waals surface area (Å²) in [6.07, 6.45) is 6.30. The standard InChI is InChI=1S/C20H17ClN8O2/c21-16-4-2-1-3-14(16)18-15(19-23-8-9-24-19)12-27-20(28-18)25-10-7-22-17-6-5-13(11-26-17)29(30)31/h1-6,8-9,11-12H,7,10H2,(H,22,26)(H,23,24)(H,25,27,28). The third kappa shape index (κ3) is 4.75. The highest BCUT2D eigenvalue weighted by molar-refractivity contribution is 6.33. The Morgan fingerprint density at radius 1 is 1.00 bits per heavy atom. The molecule has 0 aliphatic heterocycles. The lowest BCUT2D eigenvalue weighted by Crippen LogP contribution is -2.16. The van der Waals surface area contributed by atoms with Crippen molar-refractivity contribution >= 4 is 29.1 Å². The van der Waals surface area contributed by atoms with Crippen molar-refractivity contribution < 1.29 is 4.92 Å². The number of halogens is 1. The first kappa shape index (κ1) is 20.2. The van der Waals surface area contributed by atoms with E-state index in [1.807, 2.05) is 18.2 Å². The normalized spacial score (nSPS) is 10.6. The van der Waals surface area contributed by atoms with Gasteiger partial charge in [0.25, 0.3) is 5.69 Å². The Morgan fingerprint density at radius 2 is 1.84 bits per heavy atom. The minimum atomic E-state index is -0.487. The zero-order valence-electron chi connectivity index (χ0n) is 16.1. The number of hydrogen-bond donors (Lipinski definition) is 3. The van der Waals surface area contributed by atoms with Gasteiger partial charge in [-0.1, -0.05) is 29.8 Å². The molecule has 0 unspecified atom stereocenters. The van der Waals surface area contributed by atoms with Crippen molar-refractivity contribution in [3.63, 3.8) is 0 Å². The van der Waals surface area contributed by atoms with E-state index in [1.165, 1.54) is 12.3 Å². The Kier molecular flexibility index (Phi) is 5.99. The Labute approximate surface area is 181 Å². The lowest BCUT2D eigenvalue weighted by Gasteiger charge is -2.12. The number of benzene rings is 1. The van der Waals surface area contributed by atoms with Crippen molar-refractivity contribution in [2.75, 3.05) is 23.7 Å². The molecule has 0 aliphatic carbocycles. The molecule has 3 heterocycles. The fraction of sp³-hybridized carbons (Fsp3) is 0.100. The van der Waals surface area contributed by atoms with Gasteiger partial charge in [-0.05, 0) is 12.1 Å². The Bertz CT molecular complexity index is 1180. The molecule has 4 rings (SSSR count). The molecule has 0 aliphatic rings. The number of anilines is 2. The summed E-state index contributed by atoms with van der Waals surface area (Å²) in [5, 5.41) is 17.5. The summed E-state index contributed by atoms with van der Waals surface area (Å²) in [5.41, 5.74) is 2.11. The molecule has 3 N–H and O–H groups in total. The second-order valence-electron chi connectivity index (χ2n) is 6.39. The van der Waals surface area contributed by atoms with Gasteiger partial charge in [-0.15, -0.1) is 0 Å². The van der Waals surface area contributed by atoms with E-state index in [2.05, 4.69) is 35.6 Å². The monoisotopic (exact) mass is 436 g/mol. The Morgan fingerprint density at radius 3 is 2.55 bits per heavy atom. The van der Waals surface area contributed by atoms with E-state index in [0.717, 1.165) is 11.1 Å². The molecule has 0 fully saturated rings. The number of aromatic nitrogens is 5. The summed E-state index contributed by atoms with van der Waals surface area (Å²) in [6, 6.07) is 10.4. The van der Waals surface area contributed by atoms with E-state index in [-0.39, 0.29) is 5.69 Å². The molecule has 1 aromatic carbocycles. The van der Waals surface area contributed by atoms with Crippen LogP contribution in [0.15, 0.2) is 61.2 Å². The Hall–Kier alpha value is -4.05. The van der Waals surface area contributed by atoms with E-state index in [0.29, 0.717) is 41.4 Å². The maximum absolute atomic E-state index is 10.7. The summed E-state index contributed by atoms with van der Waals surface area (Å²) >= 11 is 6.40. The van der Waals surface area contributed by atoms with Crippen LogP contribution in [0.25, 0.3) is 22.6 Å². The van der Waals surface area contributed by atoms with Gasteiger partial charge in [0.15, 0.2) is 0 Å². The van der Waals surface area contributed by atoms with Crippen LogP contribution in [0, 0.1) is 10.1 Å². The number of nitro groups is 1. The number of hydrogen-bond acceptors (Lipinski definition) is 8. The van der Waals surface area contributed by atoms with Crippen LogP contribution in [0.5, 0.6) is 0 Å². The first-order valence-corrected chi connectivity index (χ1v) is 9.69. The average Bonchev–Trinajstić information content (AvgIpc) is 3.32. The van der Waals surface area contributed by atoms with Crippen molar-refractivity contribution in [2.45, 2.75) is 0 Å². The van der Waals surface area contributed by atoms with Gasteiger partial charge in [0.05, 0.1) is 16.2 Å². The van der Waals surface area contributed by atoms with E-state index in [1.54, 1.807) is 30.7 Å². The molecule has 0 atom stereocenters. The maximum Gasteiger partial charge on any atom is 0.287 e. The number of pyridine rings is 1. The number of H-pyrrole nitrogens is 1. The van der Waals surface area contributed by atoms with Crippen molar-refractivity contribution in [3.05, 3.63) is 76.3 Å². The van der Waals surface area contributed by atoms with E-state index in [9.17, 15) is 10.1 Å². The minimum Gasteiger partial charge on any atom is -0.368 e. The smallest absolute Gasteiger partial charge is 0.287 e. The quantitative estimate of drug-likeness (QED) is 0.214. The summed E-state index contributed by atoms with van der Waals surface area (Å²) in [5.74, 6) is 1.62. The molecule has 0 saturated heterocycles. The zero-order chi connectivity index (χ0) is 21.6. The van der Waals surface area contributed by atoms with E-state index >= 15 is 0 Å². The molecule has 4 aromatic rings. The van der Waals surface area contributed by atoms with Crippen LogP contribution in [-0.2, 0) is 0 Å². The van der Waals surface area contributed by atoms with E-state index in [4.69, 9.17) is 11.6 Å². The molecular formula is C20H17ClN8O2. The van der Waals surface area contributed by atoms with Crippen molar-refractivity contribution in [3.8, 4) is 22.6 Å². The van der Waals surface area contributed by atoms with Crippen molar-refractivity contribution in [2.24, 2.45) is 0 Å². The molecule has 31 heavy (non-hydrogen) atoms. The molecule has 0 bridgehead atoms. The lowest BCUT2D eigenvalue weighted by molar-refractivity contribution is -0.385. The van der Waals surface area contributed by atoms with Gasteiger partial charge >= 0.3 is 0 Å². The molecule has 0 amide bonds. The zero-order valence-corrected chi connectivity index (χ0v) is 16.9. The fourth-order valence-electron chi connectivity index (χ4n) is 2.87. The van der Waals surface area contributed by atoms with Crippen LogP contribution < -0.4 is 10.6 Å². The molecule has 0 spiro atoms. The summed E-state index contributed by atoms with van der Waals surface area (Å²) in [4.78, 5) is 30.6. The molecular weight excluding hydrogens is 420 g/mol. The topological polar surface area (TPSA) is 135 Å². The van der Waals surface area contributed by atoms with Crippen molar-refractivity contribution in [1.82, 2.24) is 24.9 Å². The summed E-state index contributed by atoms with van der Waals surface area (Å²) in [7, 11) is 0. The van der Waals surface area contributed by atoms with E-state index < -0.39 is 4.92 Å². The predicted octanol–water partition coefficient (Wildman–Crippen LogP) is 4.01. The van der Waals surface area contributed by atoms with Crippen LogP contribution >= 0.6 is 11.6 Å². The minimum absolute atomic E-state index is 0.0548. The highest BCUT2D eigenvalue weighted by Crippen LogP contribution is 2.33.